The van der Waals surface area contributed by atoms with Gasteiger partial charge in [0.15, 0.2) is 11.6 Å². The van der Waals surface area contributed by atoms with Crippen LogP contribution in [0.5, 0.6) is 5.75 Å². The Labute approximate surface area is 93.4 Å². The number of benzene rings is 1. The van der Waals surface area contributed by atoms with E-state index in [1.807, 2.05) is 6.92 Å². The van der Waals surface area contributed by atoms with Crippen LogP contribution in [0.2, 0.25) is 0 Å². The lowest BCUT2D eigenvalue weighted by molar-refractivity contribution is 0.1000. The molecule has 0 aliphatic carbocycles. The Morgan fingerprint density at radius 1 is 1.56 bits per heavy atom. The van der Waals surface area contributed by atoms with E-state index in [9.17, 15) is 9.18 Å². The molecular formula is C11H15FN2O2. The third kappa shape index (κ3) is 2.62. The van der Waals surface area contributed by atoms with Crippen LogP contribution in [0, 0.1) is 5.82 Å². The first-order valence-corrected chi connectivity index (χ1v) is 5.01. The second-order valence-corrected chi connectivity index (χ2v) is 3.57. The highest BCUT2D eigenvalue weighted by Gasteiger charge is 2.14. The fraction of sp³-hybridized carbons (Fsp3) is 0.364. The maximum atomic E-state index is 13.4. The number of anilines is 1. The lowest BCUT2D eigenvalue weighted by atomic mass is 10.1. The first-order valence-electron chi connectivity index (χ1n) is 5.01. The average Bonchev–Trinajstić information content (AvgIpc) is 2.21. The van der Waals surface area contributed by atoms with Crippen molar-refractivity contribution in [2.75, 3.05) is 5.73 Å². The van der Waals surface area contributed by atoms with Crippen molar-refractivity contribution in [2.45, 2.75) is 26.4 Å². The van der Waals surface area contributed by atoms with Gasteiger partial charge in [-0.1, -0.05) is 6.92 Å². The second-order valence-electron chi connectivity index (χ2n) is 3.57. The SMILES string of the molecule is CCC(C)Oc1cc(C(N)=O)c(N)cc1F. The fourth-order valence-corrected chi connectivity index (χ4v) is 1.17. The van der Waals surface area contributed by atoms with E-state index in [-0.39, 0.29) is 23.1 Å². The quantitative estimate of drug-likeness (QED) is 0.767. The third-order valence-electron chi connectivity index (χ3n) is 2.27. The second kappa shape index (κ2) is 4.83. The number of primary amides is 1. The molecule has 1 unspecified atom stereocenters. The van der Waals surface area contributed by atoms with Crippen molar-refractivity contribution < 1.29 is 13.9 Å². The summed E-state index contributed by atoms with van der Waals surface area (Å²) in [4.78, 5) is 11.0. The molecule has 1 aromatic carbocycles. The zero-order valence-electron chi connectivity index (χ0n) is 9.29. The number of hydrogen-bond acceptors (Lipinski definition) is 3. The summed E-state index contributed by atoms with van der Waals surface area (Å²) in [6.07, 6.45) is 0.592. The summed E-state index contributed by atoms with van der Waals surface area (Å²) in [6, 6.07) is 2.27. The Balaban J connectivity index is 3.09. The number of ether oxygens (including phenoxy) is 1. The van der Waals surface area contributed by atoms with Crippen LogP contribution in [-0.2, 0) is 0 Å². The minimum absolute atomic E-state index is 0.00245. The fourth-order valence-electron chi connectivity index (χ4n) is 1.17. The monoisotopic (exact) mass is 226 g/mol. The van der Waals surface area contributed by atoms with E-state index in [4.69, 9.17) is 16.2 Å². The molecule has 1 aromatic rings. The Morgan fingerprint density at radius 2 is 2.19 bits per heavy atom. The molecule has 0 aromatic heterocycles. The molecule has 1 atom stereocenters. The zero-order chi connectivity index (χ0) is 12.3. The van der Waals surface area contributed by atoms with Gasteiger partial charge in [0.05, 0.1) is 11.7 Å². The van der Waals surface area contributed by atoms with Crippen molar-refractivity contribution in [3.63, 3.8) is 0 Å². The highest BCUT2D eigenvalue weighted by atomic mass is 19.1. The minimum atomic E-state index is -0.702. The van der Waals surface area contributed by atoms with E-state index in [1.165, 1.54) is 6.07 Å². The number of hydrogen-bond donors (Lipinski definition) is 2. The Morgan fingerprint density at radius 3 is 2.69 bits per heavy atom. The molecule has 5 heteroatoms. The normalized spacial score (nSPS) is 12.2. The average molecular weight is 226 g/mol. The number of carbonyl (C=O) groups excluding carboxylic acids is 1. The molecule has 4 N–H and O–H groups in total. The van der Waals surface area contributed by atoms with Crippen LogP contribution in [0.1, 0.15) is 30.6 Å². The highest BCUT2D eigenvalue weighted by molar-refractivity contribution is 5.98. The van der Waals surface area contributed by atoms with Crippen LogP contribution < -0.4 is 16.2 Å². The van der Waals surface area contributed by atoms with Crippen LogP contribution in [0.4, 0.5) is 10.1 Å². The molecule has 0 aliphatic rings. The Kier molecular flexibility index (Phi) is 3.71. The van der Waals surface area contributed by atoms with Gasteiger partial charge in [-0.2, -0.15) is 0 Å². The van der Waals surface area contributed by atoms with E-state index < -0.39 is 11.7 Å². The first-order chi connectivity index (χ1) is 7.45. The van der Waals surface area contributed by atoms with Gasteiger partial charge < -0.3 is 16.2 Å². The molecule has 4 nitrogen and oxygen atoms in total. The molecule has 0 bridgehead atoms. The molecule has 0 fully saturated rings. The smallest absolute Gasteiger partial charge is 0.250 e. The van der Waals surface area contributed by atoms with Crippen molar-refractivity contribution in [3.8, 4) is 5.75 Å². The Hall–Kier alpha value is -1.78. The lowest BCUT2D eigenvalue weighted by Gasteiger charge is -2.14. The Bertz CT molecular complexity index is 407. The van der Waals surface area contributed by atoms with Gasteiger partial charge in [0.2, 0.25) is 0 Å². The molecule has 1 rings (SSSR count). The van der Waals surface area contributed by atoms with Crippen LogP contribution in [0.15, 0.2) is 12.1 Å². The van der Waals surface area contributed by atoms with Crippen molar-refractivity contribution in [1.82, 2.24) is 0 Å². The predicted molar refractivity (Wildman–Crippen MR) is 59.7 cm³/mol. The standard InChI is InChI=1S/C11H15FN2O2/c1-3-6(2)16-10-4-7(11(14)15)9(13)5-8(10)12/h4-6H,3,13H2,1-2H3,(H2,14,15). The molecular weight excluding hydrogens is 211 g/mol. The zero-order valence-corrected chi connectivity index (χ0v) is 9.29. The summed E-state index contributed by atoms with van der Waals surface area (Å²) in [7, 11) is 0. The van der Waals surface area contributed by atoms with E-state index in [0.29, 0.717) is 0 Å². The van der Waals surface area contributed by atoms with Gasteiger partial charge in [-0.15, -0.1) is 0 Å². The van der Waals surface area contributed by atoms with Crippen molar-refractivity contribution in [1.29, 1.82) is 0 Å². The van der Waals surface area contributed by atoms with Crippen LogP contribution in [-0.4, -0.2) is 12.0 Å². The van der Waals surface area contributed by atoms with Crippen molar-refractivity contribution in [3.05, 3.63) is 23.5 Å². The number of carbonyl (C=O) groups is 1. The minimum Gasteiger partial charge on any atom is -0.488 e. The summed E-state index contributed by atoms with van der Waals surface area (Å²) in [6.45, 7) is 3.72. The van der Waals surface area contributed by atoms with Gasteiger partial charge in [0, 0.05) is 11.8 Å². The highest BCUT2D eigenvalue weighted by Crippen LogP contribution is 2.25. The van der Waals surface area contributed by atoms with Gasteiger partial charge >= 0.3 is 0 Å². The van der Waals surface area contributed by atoms with Gasteiger partial charge in [-0.05, 0) is 19.4 Å². The number of amides is 1. The maximum absolute atomic E-state index is 13.4. The largest absolute Gasteiger partial charge is 0.488 e. The molecule has 0 heterocycles. The van der Waals surface area contributed by atoms with Crippen molar-refractivity contribution >= 4 is 11.6 Å². The van der Waals surface area contributed by atoms with Gasteiger partial charge in [-0.25, -0.2) is 4.39 Å². The molecule has 88 valence electrons. The molecule has 0 saturated carbocycles. The molecule has 0 radical (unpaired) electrons. The lowest BCUT2D eigenvalue weighted by Crippen LogP contribution is -2.16. The van der Waals surface area contributed by atoms with Gasteiger partial charge in [-0.3, -0.25) is 4.79 Å². The number of nitrogen functional groups attached to an aromatic ring is 1. The van der Waals surface area contributed by atoms with E-state index in [2.05, 4.69) is 0 Å². The summed E-state index contributed by atoms with van der Waals surface area (Å²) >= 11 is 0. The first kappa shape index (κ1) is 12.3. The van der Waals surface area contributed by atoms with E-state index in [1.54, 1.807) is 6.92 Å². The maximum Gasteiger partial charge on any atom is 0.250 e. The molecule has 16 heavy (non-hydrogen) atoms. The molecule has 0 aliphatic heterocycles. The topological polar surface area (TPSA) is 78.3 Å². The number of nitrogens with two attached hydrogens (primary N) is 2. The summed E-state index contributed by atoms with van der Waals surface area (Å²) < 4.78 is 18.7. The van der Waals surface area contributed by atoms with Gasteiger partial charge in [0.25, 0.3) is 5.91 Å². The molecule has 0 saturated heterocycles. The summed E-state index contributed by atoms with van der Waals surface area (Å²) in [5.41, 5.74) is 10.6. The van der Waals surface area contributed by atoms with Crippen LogP contribution in [0.25, 0.3) is 0 Å². The van der Waals surface area contributed by atoms with Crippen LogP contribution in [0.3, 0.4) is 0 Å². The third-order valence-corrected chi connectivity index (χ3v) is 2.27. The summed E-state index contributed by atoms with van der Waals surface area (Å²) in [5, 5.41) is 0. The predicted octanol–water partition coefficient (Wildman–Crippen LogP) is 1.68. The van der Waals surface area contributed by atoms with E-state index in [0.717, 1.165) is 12.5 Å². The van der Waals surface area contributed by atoms with Gasteiger partial charge in [0.1, 0.15) is 0 Å². The molecule has 1 amide bonds. The van der Waals surface area contributed by atoms with Crippen molar-refractivity contribution in [2.24, 2.45) is 5.73 Å². The number of halogens is 1. The summed E-state index contributed by atoms with van der Waals surface area (Å²) in [5.74, 6) is -1.30. The molecule has 0 spiro atoms. The van der Waals surface area contributed by atoms with Crippen LogP contribution >= 0.6 is 0 Å². The van der Waals surface area contributed by atoms with E-state index >= 15 is 0 Å². The number of rotatable bonds is 4.